The third-order valence-corrected chi connectivity index (χ3v) is 4.83. The lowest BCUT2D eigenvalue weighted by molar-refractivity contribution is 0.526. The lowest BCUT2D eigenvalue weighted by Crippen LogP contribution is -2.05. The molecule has 21 heavy (non-hydrogen) atoms. The molecule has 0 aliphatic carbocycles. The molecule has 108 valence electrons. The normalized spacial score (nSPS) is 12.6. The van der Waals surface area contributed by atoms with Crippen molar-refractivity contribution in [2.24, 2.45) is 0 Å². The van der Waals surface area contributed by atoms with Gasteiger partial charge < -0.3 is 9.73 Å². The predicted octanol–water partition coefficient (Wildman–Crippen LogP) is 6.44. The van der Waals surface area contributed by atoms with Gasteiger partial charge in [-0.15, -0.1) is 0 Å². The smallest absolute Gasteiger partial charge is 0.134 e. The Morgan fingerprint density at radius 2 is 1.86 bits per heavy atom. The quantitative estimate of drug-likeness (QED) is 0.539. The fourth-order valence-electron chi connectivity index (χ4n) is 2.25. The molecule has 3 aromatic rings. The Hall–Kier alpha value is -1.26. The zero-order valence-corrected chi connectivity index (χ0v) is 15.0. The number of hydrogen-bond acceptors (Lipinski definition) is 2. The lowest BCUT2D eigenvalue weighted by Gasteiger charge is -2.13. The highest BCUT2D eigenvalue weighted by atomic mass is 79.9. The zero-order valence-electron chi connectivity index (χ0n) is 11.8. The minimum atomic E-state index is 0.103. The second-order valence-corrected chi connectivity index (χ2v) is 6.93. The molecule has 0 aliphatic heterocycles. The van der Waals surface area contributed by atoms with Crippen molar-refractivity contribution in [3.05, 3.63) is 62.7 Å². The van der Waals surface area contributed by atoms with Crippen molar-refractivity contribution in [1.82, 2.24) is 0 Å². The molecule has 0 saturated heterocycles. The number of anilines is 1. The van der Waals surface area contributed by atoms with Crippen LogP contribution in [0.5, 0.6) is 0 Å². The molecular formula is C17H15Br2NO. The van der Waals surface area contributed by atoms with E-state index in [9.17, 15) is 0 Å². The fraction of sp³-hybridized carbons (Fsp3) is 0.176. The van der Waals surface area contributed by atoms with E-state index in [0.717, 1.165) is 31.4 Å². The molecule has 4 heteroatoms. The molecule has 2 nitrogen and oxygen atoms in total. The van der Waals surface area contributed by atoms with Crippen molar-refractivity contribution in [2.45, 2.75) is 19.9 Å². The summed E-state index contributed by atoms with van der Waals surface area (Å²) < 4.78 is 8.08. The van der Waals surface area contributed by atoms with E-state index in [-0.39, 0.29) is 6.04 Å². The van der Waals surface area contributed by atoms with Crippen LogP contribution in [0, 0.1) is 6.92 Å². The molecule has 1 N–H and O–H groups in total. The number of fused-ring (bicyclic) bond motifs is 1. The van der Waals surface area contributed by atoms with Crippen molar-refractivity contribution in [2.75, 3.05) is 5.32 Å². The van der Waals surface area contributed by atoms with Crippen molar-refractivity contribution in [3.63, 3.8) is 0 Å². The third-order valence-electron chi connectivity index (χ3n) is 3.48. The molecule has 1 unspecified atom stereocenters. The summed E-state index contributed by atoms with van der Waals surface area (Å²) in [5.74, 6) is 0.930. The SMILES string of the molecule is Cc1ccc(NC(C)c2cc3cc(Br)ccc3o2)cc1Br. The average Bonchev–Trinajstić information content (AvgIpc) is 2.86. The molecule has 1 heterocycles. The maximum atomic E-state index is 5.92. The summed E-state index contributed by atoms with van der Waals surface area (Å²) in [6.45, 7) is 4.18. The van der Waals surface area contributed by atoms with Gasteiger partial charge in [0.25, 0.3) is 0 Å². The van der Waals surface area contributed by atoms with E-state index in [2.05, 4.69) is 81.4 Å². The molecule has 1 atom stereocenters. The second-order valence-electron chi connectivity index (χ2n) is 5.16. The van der Waals surface area contributed by atoms with Crippen LogP contribution in [0.25, 0.3) is 11.0 Å². The molecular weight excluding hydrogens is 394 g/mol. The van der Waals surface area contributed by atoms with Crippen molar-refractivity contribution >= 4 is 48.5 Å². The number of hydrogen-bond donors (Lipinski definition) is 1. The topological polar surface area (TPSA) is 25.2 Å². The van der Waals surface area contributed by atoms with Crippen LogP contribution < -0.4 is 5.32 Å². The van der Waals surface area contributed by atoms with Gasteiger partial charge in [-0.1, -0.05) is 37.9 Å². The molecule has 0 amide bonds. The van der Waals surface area contributed by atoms with Gasteiger partial charge in [-0.3, -0.25) is 0 Å². The van der Waals surface area contributed by atoms with Crippen LogP contribution >= 0.6 is 31.9 Å². The number of halogens is 2. The highest BCUT2D eigenvalue weighted by Crippen LogP contribution is 2.29. The Balaban J connectivity index is 1.85. The predicted molar refractivity (Wildman–Crippen MR) is 94.8 cm³/mol. The van der Waals surface area contributed by atoms with Crippen LogP contribution in [0.2, 0.25) is 0 Å². The van der Waals surface area contributed by atoms with Crippen molar-refractivity contribution in [1.29, 1.82) is 0 Å². The summed E-state index contributed by atoms with van der Waals surface area (Å²) >= 11 is 7.04. The molecule has 3 rings (SSSR count). The van der Waals surface area contributed by atoms with Crippen LogP contribution in [-0.2, 0) is 0 Å². The fourth-order valence-corrected chi connectivity index (χ4v) is 3.01. The van der Waals surface area contributed by atoms with Crippen LogP contribution in [0.15, 0.2) is 55.8 Å². The summed E-state index contributed by atoms with van der Waals surface area (Å²) in [7, 11) is 0. The Morgan fingerprint density at radius 1 is 1.05 bits per heavy atom. The molecule has 1 aromatic heterocycles. The molecule has 0 saturated carbocycles. The van der Waals surface area contributed by atoms with Gasteiger partial charge in [0, 0.05) is 20.0 Å². The van der Waals surface area contributed by atoms with Crippen molar-refractivity contribution < 1.29 is 4.42 Å². The number of nitrogens with one attached hydrogen (secondary N) is 1. The van der Waals surface area contributed by atoms with Gasteiger partial charge in [-0.2, -0.15) is 0 Å². The second kappa shape index (κ2) is 5.85. The molecule has 0 aliphatic rings. The molecule has 0 fully saturated rings. The first-order valence-electron chi connectivity index (χ1n) is 6.74. The monoisotopic (exact) mass is 407 g/mol. The van der Waals surface area contributed by atoms with Gasteiger partial charge in [0.05, 0.1) is 6.04 Å². The van der Waals surface area contributed by atoms with Crippen LogP contribution in [0.3, 0.4) is 0 Å². The van der Waals surface area contributed by atoms with Gasteiger partial charge in [-0.25, -0.2) is 0 Å². The van der Waals surface area contributed by atoms with Crippen LogP contribution in [-0.4, -0.2) is 0 Å². The summed E-state index contributed by atoms with van der Waals surface area (Å²) in [5.41, 5.74) is 3.20. The number of furan rings is 1. The summed E-state index contributed by atoms with van der Waals surface area (Å²) in [4.78, 5) is 0. The Labute approximate surface area is 140 Å². The average molecular weight is 409 g/mol. The van der Waals surface area contributed by atoms with Crippen LogP contribution in [0.1, 0.15) is 24.3 Å². The molecule has 0 spiro atoms. The van der Waals surface area contributed by atoms with Crippen LogP contribution in [0.4, 0.5) is 5.69 Å². The van der Waals surface area contributed by atoms with Crippen molar-refractivity contribution in [3.8, 4) is 0 Å². The Morgan fingerprint density at radius 3 is 2.62 bits per heavy atom. The van der Waals surface area contributed by atoms with E-state index in [1.807, 2.05) is 12.1 Å². The van der Waals surface area contributed by atoms with Gasteiger partial charge in [0.1, 0.15) is 11.3 Å². The van der Waals surface area contributed by atoms with E-state index in [1.54, 1.807) is 0 Å². The van der Waals surface area contributed by atoms with E-state index in [4.69, 9.17) is 4.42 Å². The Kier molecular flexibility index (Phi) is 4.09. The highest BCUT2D eigenvalue weighted by molar-refractivity contribution is 9.10. The first kappa shape index (κ1) is 14.7. The summed E-state index contributed by atoms with van der Waals surface area (Å²) in [6.07, 6.45) is 0. The number of rotatable bonds is 3. The highest BCUT2D eigenvalue weighted by Gasteiger charge is 2.12. The standard InChI is InChI=1S/C17H15Br2NO/c1-10-3-5-14(9-15(10)19)20-11(2)17-8-12-7-13(18)4-6-16(12)21-17/h3-9,11,20H,1-2H3. The van der Waals surface area contributed by atoms with E-state index in [1.165, 1.54) is 5.56 Å². The number of aryl methyl sites for hydroxylation is 1. The maximum Gasteiger partial charge on any atom is 0.134 e. The summed E-state index contributed by atoms with van der Waals surface area (Å²) in [5, 5.41) is 4.58. The van der Waals surface area contributed by atoms with E-state index in [0.29, 0.717) is 0 Å². The number of benzene rings is 2. The largest absolute Gasteiger partial charge is 0.459 e. The zero-order chi connectivity index (χ0) is 15.0. The minimum absolute atomic E-state index is 0.103. The first-order valence-corrected chi connectivity index (χ1v) is 8.33. The summed E-state index contributed by atoms with van der Waals surface area (Å²) in [6, 6.07) is 14.5. The van der Waals surface area contributed by atoms with Gasteiger partial charge in [0.15, 0.2) is 0 Å². The third kappa shape index (κ3) is 3.16. The first-order chi connectivity index (χ1) is 10.0. The van der Waals surface area contributed by atoms with E-state index < -0.39 is 0 Å². The van der Waals surface area contributed by atoms with Gasteiger partial charge in [0.2, 0.25) is 0 Å². The van der Waals surface area contributed by atoms with E-state index >= 15 is 0 Å². The minimum Gasteiger partial charge on any atom is -0.459 e. The molecule has 0 bridgehead atoms. The Bertz CT molecular complexity index is 795. The lowest BCUT2D eigenvalue weighted by atomic mass is 10.2. The van der Waals surface area contributed by atoms with Gasteiger partial charge >= 0.3 is 0 Å². The molecule has 2 aromatic carbocycles. The molecule has 0 radical (unpaired) electrons. The maximum absolute atomic E-state index is 5.92. The van der Waals surface area contributed by atoms with Gasteiger partial charge in [-0.05, 0) is 55.8 Å².